The van der Waals surface area contributed by atoms with E-state index in [2.05, 4.69) is 39.3 Å². The quantitative estimate of drug-likeness (QED) is 0.329. The van der Waals surface area contributed by atoms with Crippen molar-refractivity contribution >= 4 is 5.97 Å². The van der Waals surface area contributed by atoms with Crippen LogP contribution in [0.15, 0.2) is 67.1 Å². The van der Waals surface area contributed by atoms with Crippen LogP contribution < -0.4 is 10.5 Å². The molecule has 8 nitrogen and oxygen atoms in total. The second kappa shape index (κ2) is 10.7. The maximum atomic E-state index is 13.0. The molecular formula is C28H29N5O3. The Hall–Kier alpha value is -4.04. The summed E-state index contributed by atoms with van der Waals surface area (Å²) in [7, 11) is 0. The normalized spacial score (nSPS) is 12.9. The molecule has 0 bridgehead atoms. The Labute approximate surface area is 210 Å². The molecule has 4 aromatic rings. The molecule has 1 aliphatic carbocycles. The maximum Gasteiger partial charge on any atom is 0.357 e. The van der Waals surface area contributed by atoms with E-state index in [1.807, 2.05) is 24.3 Å². The zero-order valence-electron chi connectivity index (χ0n) is 20.3. The van der Waals surface area contributed by atoms with Crippen LogP contribution in [-0.4, -0.2) is 38.9 Å². The molecule has 0 saturated heterocycles. The van der Waals surface area contributed by atoms with Gasteiger partial charge in [-0.2, -0.15) is 5.10 Å². The molecule has 2 aromatic carbocycles. The van der Waals surface area contributed by atoms with E-state index in [0.29, 0.717) is 42.3 Å². The first kappa shape index (κ1) is 23.7. The van der Waals surface area contributed by atoms with Crippen molar-refractivity contribution in [1.82, 2.24) is 19.7 Å². The molecule has 0 radical (unpaired) electrons. The minimum Gasteiger partial charge on any atom is -0.489 e. The molecule has 36 heavy (non-hydrogen) atoms. The SMILES string of the molecule is CCOC(=O)c1c(-c2ccc(OCc3ccc(C4CC4)cc3)cc2)c(-c2ccncn2)nn1CCN. The minimum atomic E-state index is -0.455. The predicted octanol–water partition coefficient (Wildman–Crippen LogP) is 4.60. The lowest BCUT2D eigenvalue weighted by atomic mass is 10.0. The van der Waals surface area contributed by atoms with Crippen molar-refractivity contribution in [3.8, 4) is 28.3 Å². The fourth-order valence-corrected chi connectivity index (χ4v) is 4.22. The molecule has 0 atom stereocenters. The van der Waals surface area contributed by atoms with E-state index >= 15 is 0 Å². The second-order valence-electron chi connectivity index (χ2n) is 8.73. The van der Waals surface area contributed by atoms with Gasteiger partial charge in [0.25, 0.3) is 0 Å². The molecule has 184 valence electrons. The van der Waals surface area contributed by atoms with Gasteiger partial charge < -0.3 is 15.2 Å². The number of nitrogens with two attached hydrogens (primary N) is 1. The molecule has 0 unspecified atom stereocenters. The summed E-state index contributed by atoms with van der Waals surface area (Å²) in [5, 5.41) is 4.69. The Morgan fingerprint density at radius 1 is 1.08 bits per heavy atom. The number of benzene rings is 2. The van der Waals surface area contributed by atoms with Crippen molar-refractivity contribution in [1.29, 1.82) is 0 Å². The van der Waals surface area contributed by atoms with Gasteiger partial charge in [-0.15, -0.1) is 0 Å². The second-order valence-corrected chi connectivity index (χ2v) is 8.73. The number of carbonyl (C=O) groups excluding carboxylic acids is 1. The summed E-state index contributed by atoms with van der Waals surface area (Å²) in [5.41, 5.74) is 11.3. The number of aromatic nitrogens is 4. The van der Waals surface area contributed by atoms with E-state index < -0.39 is 5.97 Å². The Morgan fingerprint density at radius 2 is 1.86 bits per heavy atom. The molecular weight excluding hydrogens is 454 g/mol. The van der Waals surface area contributed by atoms with E-state index in [0.717, 1.165) is 22.8 Å². The van der Waals surface area contributed by atoms with Gasteiger partial charge in [0, 0.05) is 18.3 Å². The van der Waals surface area contributed by atoms with Crippen LogP contribution in [0, 0.1) is 0 Å². The van der Waals surface area contributed by atoms with Crippen molar-refractivity contribution in [3.63, 3.8) is 0 Å². The highest BCUT2D eigenvalue weighted by Gasteiger charge is 2.27. The Kier molecular flexibility index (Phi) is 7.04. The lowest BCUT2D eigenvalue weighted by molar-refractivity contribution is 0.0513. The average molecular weight is 484 g/mol. The zero-order valence-corrected chi connectivity index (χ0v) is 20.3. The average Bonchev–Trinajstić information content (AvgIpc) is 3.70. The lowest BCUT2D eigenvalue weighted by Crippen LogP contribution is -2.18. The molecule has 5 rings (SSSR count). The third-order valence-electron chi connectivity index (χ3n) is 6.16. The topological polar surface area (TPSA) is 105 Å². The lowest BCUT2D eigenvalue weighted by Gasteiger charge is -2.10. The van der Waals surface area contributed by atoms with Crippen molar-refractivity contribution < 1.29 is 14.3 Å². The van der Waals surface area contributed by atoms with Crippen LogP contribution in [0.3, 0.4) is 0 Å². The van der Waals surface area contributed by atoms with Crippen molar-refractivity contribution in [2.75, 3.05) is 13.2 Å². The highest BCUT2D eigenvalue weighted by atomic mass is 16.5. The van der Waals surface area contributed by atoms with Crippen LogP contribution in [0.1, 0.15) is 47.3 Å². The molecule has 2 aromatic heterocycles. The smallest absolute Gasteiger partial charge is 0.357 e. The third-order valence-corrected chi connectivity index (χ3v) is 6.16. The minimum absolute atomic E-state index is 0.253. The van der Waals surface area contributed by atoms with E-state index in [1.54, 1.807) is 23.9 Å². The molecule has 0 aliphatic heterocycles. The Bertz CT molecular complexity index is 1310. The fourth-order valence-electron chi connectivity index (χ4n) is 4.22. The zero-order chi connectivity index (χ0) is 24.9. The first-order chi connectivity index (χ1) is 17.7. The van der Waals surface area contributed by atoms with Crippen molar-refractivity contribution in [2.24, 2.45) is 5.73 Å². The molecule has 2 heterocycles. The van der Waals surface area contributed by atoms with Crippen molar-refractivity contribution in [2.45, 2.75) is 38.8 Å². The summed E-state index contributed by atoms with van der Waals surface area (Å²) in [6.07, 6.45) is 5.69. The molecule has 1 saturated carbocycles. The van der Waals surface area contributed by atoms with Crippen molar-refractivity contribution in [3.05, 3.63) is 83.9 Å². The molecule has 0 amide bonds. The first-order valence-corrected chi connectivity index (χ1v) is 12.2. The van der Waals surface area contributed by atoms with Gasteiger partial charge in [0.2, 0.25) is 0 Å². The number of rotatable bonds is 10. The predicted molar refractivity (Wildman–Crippen MR) is 136 cm³/mol. The number of esters is 1. The summed E-state index contributed by atoms with van der Waals surface area (Å²) >= 11 is 0. The summed E-state index contributed by atoms with van der Waals surface area (Å²) in [6.45, 7) is 3.21. The van der Waals surface area contributed by atoms with Gasteiger partial charge in [0.15, 0.2) is 5.69 Å². The third kappa shape index (κ3) is 5.13. The first-order valence-electron chi connectivity index (χ1n) is 12.2. The number of hydrogen-bond donors (Lipinski definition) is 1. The van der Waals surface area contributed by atoms with Crippen LogP contribution in [0.4, 0.5) is 0 Å². The molecule has 1 fully saturated rings. The van der Waals surface area contributed by atoms with E-state index in [9.17, 15) is 4.79 Å². The molecule has 8 heteroatoms. The number of hydrogen-bond acceptors (Lipinski definition) is 7. The highest BCUT2D eigenvalue weighted by molar-refractivity contribution is 6.00. The number of nitrogens with zero attached hydrogens (tertiary/aromatic N) is 4. The fraction of sp³-hybridized carbons (Fsp3) is 0.286. The van der Waals surface area contributed by atoms with Crippen LogP contribution in [-0.2, 0) is 17.9 Å². The van der Waals surface area contributed by atoms with Gasteiger partial charge in [-0.05, 0) is 60.6 Å². The van der Waals surface area contributed by atoms with E-state index in [-0.39, 0.29) is 6.61 Å². The summed E-state index contributed by atoms with van der Waals surface area (Å²) in [6, 6.07) is 18.1. The molecule has 0 spiro atoms. The summed E-state index contributed by atoms with van der Waals surface area (Å²) in [4.78, 5) is 21.4. The summed E-state index contributed by atoms with van der Waals surface area (Å²) < 4.78 is 13.0. The number of carbonyl (C=O) groups is 1. The van der Waals surface area contributed by atoms with Gasteiger partial charge in [-0.1, -0.05) is 36.4 Å². The summed E-state index contributed by atoms with van der Waals surface area (Å²) in [5.74, 6) is 1.03. The van der Waals surface area contributed by atoms with Crippen LogP contribution >= 0.6 is 0 Å². The van der Waals surface area contributed by atoms with Gasteiger partial charge in [0.1, 0.15) is 24.4 Å². The molecule has 1 aliphatic rings. The van der Waals surface area contributed by atoms with Gasteiger partial charge in [0.05, 0.1) is 18.8 Å². The standard InChI is InChI=1S/C28H29N5O3/c1-2-35-28(34)27-25(26(32-33(27)16-14-29)24-13-15-30-18-31-24)22-9-11-23(12-10-22)36-17-19-3-5-20(6-4-19)21-7-8-21/h3-6,9-13,15,18,21H,2,7-8,14,16-17,29H2,1H3. The molecule has 2 N–H and O–H groups in total. The van der Waals surface area contributed by atoms with Crippen LogP contribution in [0.2, 0.25) is 0 Å². The highest BCUT2D eigenvalue weighted by Crippen LogP contribution is 2.40. The largest absolute Gasteiger partial charge is 0.489 e. The van der Waals surface area contributed by atoms with Crippen LogP contribution in [0.25, 0.3) is 22.5 Å². The van der Waals surface area contributed by atoms with E-state index in [4.69, 9.17) is 15.2 Å². The van der Waals surface area contributed by atoms with Gasteiger partial charge >= 0.3 is 5.97 Å². The van der Waals surface area contributed by atoms with Crippen LogP contribution in [0.5, 0.6) is 5.75 Å². The number of ether oxygens (including phenoxy) is 2. The maximum absolute atomic E-state index is 13.0. The van der Waals surface area contributed by atoms with Gasteiger partial charge in [-0.25, -0.2) is 14.8 Å². The van der Waals surface area contributed by atoms with Gasteiger partial charge in [-0.3, -0.25) is 4.68 Å². The Morgan fingerprint density at radius 3 is 2.50 bits per heavy atom. The Balaban J connectivity index is 1.44. The monoisotopic (exact) mass is 483 g/mol. The van der Waals surface area contributed by atoms with E-state index in [1.165, 1.54) is 24.7 Å².